The van der Waals surface area contributed by atoms with Crippen LogP contribution in [-0.4, -0.2) is 26.6 Å². The van der Waals surface area contributed by atoms with E-state index in [4.69, 9.17) is 5.73 Å². The highest BCUT2D eigenvalue weighted by atomic mass is 32.2. The van der Waals surface area contributed by atoms with Crippen molar-refractivity contribution in [3.05, 3.63) is 36.9 Å². The van der Waals surface area contributed by atoms with Crippen LogP contribution in [0.1, 0.15) is 6.42 Å². The first kappa shape index (κ1) is 14.4. The maximum atomic E-state index is 11.6. The average molecular weight is 268 g/mol. The van der Waals surface area contributed by atoms with Crippen LogP contribution in [0, 0.1) is 0 Å². The molecule has 0 radical (unpaired) electrons. The first-order chi connectivity index (χ1) is 8.34. The summed E-state index contributed by atoms with van der Waals surface area (Å²) in [5.74, 6) is -0.374. The Balaban J connectivity index is 2.86. The van der Waals surface area contributed by atoms with Gasteiger partial charge in [-0.15, -0.1) is 6.58 Å². The van der Waals surface area contributed by atoms with Gasteiger partial charge in [0, 0.05) is 11.9 Å². The molecular weight excluding hydrogens is 252 g/mol. The minimum Gasteiger partial charge on any atom is -0.325 e. The summed E-state index contributed by atoms with van der Waals surface area (Å²) in [5.41, 5.74) is 6.00. The van der Waals surface area contributed by atoms with Crippen LogP contribution in [0.5, 0.6) is 0 Å². The van der Waals surface area contributed by atoms with E-state index in [0.29, 0.717) is 12.1 Å². The van der Waals surface area contributed by atoms with Crippen LogP contribution >= 0.6 is 0 Å². The highest BCUT2D eigenvalue weighted by molar-refractivity contribution is 7.90. The molecule has 1 rings (SSSR count). The highest BCUT2D eigenvalue weighted by Crippen LogP contribution is 2.15. The summed E-state index contributed by atoms with van der Waals surface area (Å²) in [6.45, 7) is 3.50. The number of hydrogen-bond donors (Lipinski definition) is 2. The Labute approximate surface area is 107 Å². The lowest BCUT2D eigenvalue weighted by atomic mass is 10.2. The first-order valence-electron chi connectivity index (χ1n) is 5.32. The Kier molecular flexibility index (Phi) is 4.63. The van der Waals surface area contributed by atoms with Crippen LogP contribution < -0.4 is 11.1 Å². The number of rotatable bonds is 5. The number of anilines is 1. The largest absolute Gasteiger partial charge is 0.325 e. The molecule has 0 aliphatic rings. The van der Waals surface area contributed by atoms with Crippen molar-refractivity contribution in [3.8, 4) is 0 Å². The Morgan fingerprint density at radius 3 is 2.78 bits per heavy atom. The molecule has 5 nitrogen and oxygen atoms in total. The van der Waals surface area contributed by atoms with E-state index in [9.17, 15) is 13.2 Å². The fraction of sp³-hybridized carbons (Fsp3) is 0.250. The quantitative estimate of drug-likeness (QED) is 0.777. The third kappa shape index (κ3) is 3.97. The lowest BCUT2D eigenvalue weighted by Gasteiger charge is -2.10. The number of amides is 1. The first-order valence-corrected chi connectivity index (χ1v) is 7.21. The number of carbonyl (C=O) groups excluding carboxylic acids is 1. The number of benzene rings is 1. The Bertz CT molecular complexity index is 552. The van der Waals surface area contributed by atoms with Gasteiger partial charge in [0.05, 0.1) is 10.9 Å². The molecule has 1 aromatic carbocycles. The van der Waals surface area contributed by atoms with Crippen LogP contribution in [0.2, 0.25) is 0 Å². The van der Waals surface area contributed by atoms with E-state index in [1.165, 1.54) is 12.1 Å². The van der Waals surface area contributed by atoms with Gasteiger partial charge in [-0.2, -0.15) is 0 Å². The maximum Gasteiger partial charge on any atom is 0.241 e. The zero-order chi connectivity index (χ0) is 13.8. The summed E-state index contributed by atoms with van der Waals surface area (Å²) in [7, 11) is -3.29. The van der Waals surface area contributed by atoms with E-state index < -0.39 is 15.9 Å². The second-order valence-electron chi connectivity index (χ2n) is 3.92. The molecule has 98 valence electrons. The summed E-state index contributed by atoms with van der Waals surface area (Å²) in [6, 6.07) is 5.34. The lowest BCUT2D eigenvalue weighted by molar-refractivity contribution is -0.117. The molecule has 1 amide bonds. The monoisotopic (exact) mass is 268 g/mol. The second kappa shape index (κ2) is 5.79. The average Bonchev–Trinajstić information content (AvgIpc) is 2.28. The molecule has 1 unspecified atom stereocenters. The van der Waals surface area contributed by atoms with Gasteiger partial charge in [-0.05, 0) is 24.6 Å². The van der Waals surface area contributed by atoms with Crippen LogP contribution in [0.25, 0.3) is 0 Å². The van der Waals surface area contributed by atoms with Gasteiger partial charge in [-0.1, -0.05) is 12.1 Å². The van der Waals surface area contributed by atoms with Gasteiger partial charge >= 0.3 is 0 Å². The highest BCUT2D eigenvalue weighted by Gasteiger charge is 2.13. The molecule has 3 N–H and O–H groups in total. The Morgan fingerprint density at radius 1 is 1.56 bits per heavy atom. The maximum absolute atomic E-state index is 11.6. The third-order valence-corrected chi connectivity index (χ3v) is 3.40. The third-order valence-electron chi connectivity index (χ3n) is 2.29. The number of nitrogens with two attached hydrogens (primary N) is 1. The molecule has 0 aliphatic heterocycles. The molecule has 0 saturated carbocycles. The second-order valence-corrected chi connectivity index (χ2v) is 5.94. The van der Waals surface area contributed by atoms with Gasteiger partial charge in [0.2, 0.25) is 5.91 Å². The normalized spacial score (nSPS) is 12.8. The van der Waals surface area contributed by atoms with E-state index in [1.54, 1.807) is 18.2 Å². The van der Waals surface area contributed by atoms with Gasteiger partial charge in [0.1, 0.15) is 0 Å². The summed E-state index contributed by atoms with van der Waals surface area (Å²) in [6.07, 6.45) is 3.02. The van der Waals surface area contributed by atoms with Crippen molar-refractivity contribution in [2.24, 2.45) is 5.73 Å². The van der Waals surface area contributed by atoms with E-state index in [1.807, 2.05) is 0 Å². The molecule has 0 aliphatic carbocycles. The number of sulfone groups is 1. The molecule has 1 aromatic rings. The van der Waals surface area contributed by atoms with Crippen molar-refractivity contribution in [2.75, 3.05) is 11.6 Å². The number of hydrogen-bond acceptors (Lipinski definition) is 4. The summed E-state index contributed by atoms with van der Waals surface area (Å²) >= 11 is 0. The van der Waals surface area contributed by atoms with E-state index in [-0.39, 0.29) is 10.8 Å². The van der Waals surface area contributed by atoms with Crippen LogP contribution in [0.3, 0.4) is 0 Å². The van der Waals surface area contributed by atoms with Crippen molar-refractivity contribution in [2.45, 2.75) is 17.4 Å². The minimum atomic E-state index is -3.29. The predicted octanol–water partition coefficient (Wildman–Crippen LogP) is 0.932. The molecule has 0 spiro atoms. The van der Waals surface area contributed by atoms with Crippen molar-refractivity contribution in [1.82, 2.24) is 0 Å². The van der Waals surface area contributed by atoms with Gasteiger partial charge in [0.25, 0.3) is 0 Å². The topological polar surface area (TPSA) is 89.3 Å². The molecule has 0 heterocycles. The van der Waals surface area contributed by atoms with Crippen LogP contribution in [0.4, 0.5) is 5.69 Å². The fourth-order valence-corrected chi connectivity index (χ4v) is 1.99. The lowest BCUT2D eigenvalue weighted by Crippen LogP contribution is -2.35. The van der Waals surface area contributed by atoms with Crippen molar-refractivity contribution in [1.29, 1.82) is 0 Å². The summed E-state index contributed by atoms with van der Waals surface area (Å²) in [4.78, 5) is 11.8. The number of nitrogens with one attached hydrogen (secondary N) is 1. The van der Waals surface area contributed by atoms with Gasteiger partial charge in [-0.25, -0.2) is 8.42 Å². The molecule has 0 saturated heterocycles. The molecule has 0 bridgehead atoms. The zero-order valence-corrected chi connectivity index (χ0v) is 10.9. The van der Waals surface area contributed by atoms with Gasteiger partial charge < -0.3 is 11.1 Å². The van der Waals surface area contributed by atoms with E-state index in [0.717, 1.165) is 6.26 Å². The molecular formula is C12H16N2O3S. The van der Waals surface area contributed by atoms with Crippen molar-refractivity contribution < 1.29 is 13.2 Å². The van der Waals surface area contributed by atoms with Gasteiger partial charge in [-0.3, -0.25) is 4.79 Å². The molecule has 1 atom stereocenters. The SMILES string of the molecule is C=CCC(N)C(=O)Nc1cccc(S(C)(=O)=O)c1. The smallest absolute Gasteiger partial charge is 0.241 e. The summed E-state index contributed by atoms with van der Waals surface area (Å²) < 4.78 is 22.7. The standard InChI is InChI=1S/C12H16N2O3S/c1-3-5-11(13)12(15)14-9-6-4-7-10(8-9)18(2,16)17/h3-4,6-8,11H,1,5,13H2,2H3,(H,14,15). The van der Waals surface area contributed by atoms with Crippen molar-refractivity contribution >= 4 is 21.4 Å². The van der Waals surface area contributed by atoms with Crippen molar-refractivity contribution in [3.63, 3.8) is 0 Å². The van der Waals surface area contributed by atoms with Crippen LogP contribution in [0.15, 0.2) is 41.8 Å². The molecule has 0 aromatic heterocycles. The summed E-state index contributed by atoms with van der Waals surface area (Å²) in [5, 5.41) is 2.56. The fourth-order valence-electron chi connectivity index (χ4n) is 1.33. The predicted molar refractivity (Wildman–Crippen MR) is 71.0 cm³/mol. The molecule has 6 heteroatoms. The minimum absolute atomic E-state index is 0.151. The van der Waals surface area contributed by atoms with Gasteiger partial charge in [0.15, 0.2) is 9.84 Å². The van der Waals surface area contributed by atoms with E-state index >= 15 is 0 Å². The Hall–Kier alpha value is -1.66. The number of carbonyl (C=O) groups is 1. The molecule has 18 heavy (non-hydrogen) atoms. The van der Waals surface area contributed by atoms with Crippen LogP contribution in [-0.2, 0) is 14.6 Å². The Morgan fingerprint density at radius 2 is 2.22 bits per heavy atom. The molecule has 0 fully saturated rings. The zero-order valence-electron chi connectivity index (χ0n) is 10.1. The van der Waals surface area contributed by atoms with E-state index in [2.05, 4.69) is 11.9 Å².